The topological polar surface area (TPSA) is 74.8 Å². The van der Waals surface area contributed by atoms with Gasteiger partial charge in [0.2, 0.25) is 5.91 Å². The highest BCUT2D eigenvalue weighted by molar-refractivity contribution is 5.89. The lowest BCUT2D eigenvalue weighted by Gasteiger charge is -2.42. The molecular formula is C34H38F6N4O3. The minimum absolute atomic E-state index is 0.0511. The number of pyridine rings is 1. The molecule has 2 atom stereocenters. The maximum atomic E-state index is 14.4. The van der Waals surface area contributed by atoms with Crippen LogP contribution in [0.5, 0.6) is 0 Å². The lowest BCUT2D eigenvalue weighted by molar-refractivity contribution is -0.236. The van der Waals surface area contributed by atoms with Crippen molar-refractivity contribution in [3.8, 4) is 0 Å². The number of piperidine rings is 1. The Morgan fingerprint density at radius 2 is 1.70 bits per heavy atom. The Morgan fingerprint density at radius 3 is 2.34 bits per heavy atom. The molecule has 0 unspecified atom stereocenters. The van der Waals surface area contributed by atoms with Crippen LogP contribution in [0, 0.1) is 5.41 Å². The number of hydrogen-bond donors (Lipinski definition) is 1. The van der Waals surface area contributed by atoms with Gasteiger partial charge in [0.15, 0.2) is 0 Å². The lowest BCUT2D eigenvalue weighted by Crippen LogP contribution is -2.59. The van der Waals surface area contributed by atoms with Crippen molar-refractivity contribution in [2.45, 2.75) is 63.0 Å². The molecule has 2 aliphatic rings. The molecule has 2 heterocycles. The number of carbonyl (C=O) groups is 2. The summed E-state index contributed by atoms with van der Waals surface area (Å²) in [5.74, 6) is -2.41. The Hall–Kier alpha value is -3.71. The molecule has 1 aromatic heterocycles. The molecule has 1 saturated heterocycles. The van der Waals surface area contributed by atoms with Gasteiger partial charge in [-0.2, -0.15) is 26.3 Å². The predicted octanol–water partition coefficient (Wildman–Crippen LogP) is 5.78. The fraction of sp³-hybridized carbons (Fsp3) is 0.500. The molecule has 0 bridgehead atoms. The SMILES string of the molecule is COC(=O)[C@H](Cc1cccc2c1CC[C@@H]2c1nccc2c(CN(C)C)cccc12)NC(=O)C1(C(F)(F)F)CCN(CC(F)(F)F)CC1. The summed E-state index contributed by atoms with van der Waals surface area (Å²) in [5.41, 5.74) is 1.78. The van der Waals surface area contributed by atoms with Crippen molar-refractivity contribution < 1.29 is 40.7 Å². The fourth-order valence-electron chi connectivity index (χ4n) is 7.09. The van der Waals surface area contributed by atoms with Gasteiger partial charge in [0, 0.05) is 30.5 Å². The second-order valence-corrected chi connectivity index (χ2v) is 12.7. The smallest absolute Gasteiger partial charge is 0.403 e. The molecule has 0 radical (unpaired) electrons. The molecular weight excluding hydrogens is 626 g/mol. The quantitative estimate of drug-likeness (QED) is 0.231. The number of ether oxygens (including phenoxy) is 1. The summed E-state index contributed by atoms with van der Waals surface area (Å²) >= 11 is 0. The Labute approximate surface area is 269 Å². The van der Waals surface area contributed by atoms with Crippen LogP contribution >= 0.6 is 0 Å². The van der Waals surface area contributed by atoms with Crippen molar-refractivity contribution in [2.75, 3.05) is 40.8 Å². The van der Waals surface area contributed by atoms with Crippen LogP contribution in [0.1, 0.15) is 53.1 Å². The van der Waals surface area contributed by atoms with Gasteiger partial charge in [-0.25, -0.2) is 4.79 Å². The zero-order valence-electron chi connectivity index (χ0n) is 26.5. The van der Waals surface area contributed by atoms with Gasteiger partial charge in [0.1, 0.15) is 11.5 Å². The van der Waals surface area contributed by atoms with E-state index in [1.54, 1.807) is 12.3 Å². The van der Waals surface area contributed by atoms with E-state index in [1.165, 1.54) is 5.56 Å². The van der Waals surface area contributed by atoms with E-state index in [-0.39, 0.29) is 12.3 Å². The number of hydrogen-bond acceptors (Lipinski definition) is 6. The van der Waals surface area contributed by atoms with E-state index in [1.807, 2.05) is 44.4 Å². The van der Waals surface area contributed by atoms with Crippen LogP contribution < -0.4 is 5.32 Å². The lowest BCUT2D eigenvalue weighted by atomic mass is 9.76. The van der Waals surface area contributed by atoms with Crippen LogP contribution in [0.3, 0.4) is 0 Å². The van der Waals surface area contributed by atoms with Gasteiger partial charge in [0.05, 0.1) is 19.3 Å². The maximum Gasteiger partial charge on any atom is 0.403 e. The second-order valence-electron chi connectivity index (χ2n) is 12.7. The first-order valence-electron chi connectivity index (χ1n) is 15.5. The van der Waals surface area contributed by atoms with Gasteiger partial charge in [-0.05, 0) is 86.6 Å². The molecule has 1 amide bonds. The highest BCUT2D eigenvalue weighted by Crippen LogP contribution is 2.47. The number of likely N-dealkylation sites (tertiary alicyclic amines) is 1. The van der Waals surface area contributed by atoms with Crippen molar-refractivity contribution in [2.24, 2.45) is 5.41 Å². The number of carbonyl (C=O) groups excluding carboxylic acids is 2. The van der Waals surface area contributed by atoms with Crippen LogP contribution in [-0.2, 0) is 33.7 Å². The standard InChI is InChI=1S/C34H38F6N4O3/c1-43(2)19-22-7-5-9-26-24(22)12-15-41-29(26)27-11-10-23-21(6-4-8-25(23)27)18-28(30(45)47-3)42-31(46)32(34(38,39)40)13-16-44(17-14-32)20-33(35,36)37/h4-9,12,15,27-28H,10-11,13-14,16-20H2,1-3H3,(H,42,46)/t27-,28-/m0/s1. The van der Waals surface area contributed by atoms with Crippen LogP contribution in [0.15, 0.2) is 48.7 Å². The molecule has 1 N–H and O–H groups in total. The largest absolute Gasteiger partial charge is 0.467 e. The first kappa shape index (κ1) is 34.6. The van der Waals surface area contributed by atoms with Crippen LogP contribution in [0.2, 0.25) is 0 Å². The molecule has 0 spiro atoms. The van der Waals surface area contributed by atoms with E-state index in [4.69, 9.17) is 9.72 Å². The van der Waals surface area contributed by atoms with E-state index < -0.39 is 68.2 Å². The molecule has 1 aliphatic carbocycles. The summed E-state index contributed by atoms with van der Waals surface area (Å²) in [7, 11) is 5.09. The zero-order valence-corrected chi connectivity index (χ0v) is 26.5. The van der Waals surface area contributed by atoms with E-state index in [9.17, 15) is 35.9 Å². The maximum absolute atomic E-state index is 14.4. The molecule has 7 nitrogen and oxygen atoms in total. The zero-order chi connectivity index (χ0) is 34.1. The number of aromatic nitrogens is 1. The second kappa shape index (κ2) is 13.4. The molecule has 2 aromatic carbocycles. The number of halogens is 6. The van der Waals surface area contributed by atoms with Gasteiger partial charge in [-0.15, -0.1) is 0 Å². The van der Waals surface area contributed by atoms with E-state index in [0.29, 0.717) is 12.0 Å². The summed E-state index contributed by atoms with van der Waals surface area (Å²) in [5, 5.41) is 4.43. The summed E-state index contributed by atoms with van der Waals surface area (Å²) < 4.78 is 86.8. The van der Waals surface area contributed by atoms with Crippen LogP contribution in [0.25, 0.3) is 10.8 Å². The third kappa shape index (κ3) is 7.25. The normalized spacial score (nSPS) is 19.1. The molecule has 1 aliphatic heterocycles. The summed E-state index contributed by atoms with van der Waals surface area (Å²) in [4.78, 5) is 34.0. The first-order valence-corrected chi connectivity index (χ1v) is 15.5. The van der Waals surface area contributed by atoms with Gasteiger partial charge in [-0.3, -0.25) is 14.7 Å². The third-order valence-corrected chi connectivity index (χ3v) is 9.42. The Morgan fingerprint density at radius 1 is 1.02 bits per heavy atom. The number of methoxy groups -OCH3 is 1. The number of esters is 1. The number of fused-ring (bicyclic) bond motifs is 2. The Kier molecular flexibility index (Phi) is 9.89. The number of nitrogens with zero attached hydrogens (tertiary/aromatic N) is 3. The highest BCUT2D eigenvalue weighted by atomic mass is 19.4. The third-order valence-electron chi connectivity index (χ3n) is 9.42. The molecule has 1 fully saturated rings. The Bertz CT molecular complexity index is 1620. The minimum Gasteiger partial charge on any atom is -0.467 e. The molecule has 3 aromatic rings. The average molecular weight is 665 g/mol. The average Bonchev–Trinajstić information content (AvgIpc) is 3.44. The number of amides is 1. The summed E-state index contributed by atoms with van der Waals surface area (Å²) in [6.07, 6.45) is -8.28. The number of rotatable bonds is 9. The highest BCUT2D eigenvalue weighted by Gasteiger charge is 2.61. The van der Waals surface area contributed by atoms with Gasteiger partial charge < -0.3 is 15.0 Å². The fourth-order valence-corrected chi connectivity index (χ4v) is 7.09. The van der Waals surface area contributed by atoms with Gasteiger partial charge in [0.25, 0.3) is 0 Å². The van der Waals surface area contributed by atoms with Crippen LogP contribution in [-0.4, -0.2) is 85.9 Å². The van der Waals surface area contributed by atoms with Crippen molar-refractivity contribution in [3.05, 3.63) is 76.6 Å². The minimum atomic E-state index is -5.04. The van der Waals surface area contributed by atoms with Gasteiger partial charge >= 0.3 is 18.3 Å². The number of benzene rings is 2. The number of alkyl halides is 6. The van der Waals surface area contributed by atoms with Crippen molar-refractivity contribution >= 4 is 22.6 Å². The molecule has 47 heavy (non-hydrogen) atoms. The first-order chi connectivity index (χ1) is 22.1. The molecule has 0 saturated carbocycles. The van der Waals surface area contributed by atoms with Crippen molar-refractivity contribution in [1.29, 1.82) is 0 Å². The van der Waals surface area contributed by atoms with Crippen LogP contribution in [0.4, 0.5) is 26.3 Å². The molecule has 13 heteroatoms. The van der Waals surface area contributed by atoms with Crippen molar-refractivity contribution in [1.82, 2.24) is 20.1 Å². The summed E-state index contributed by atoms with van der Waals surface area (Å²) in [6, 6.07) is 12.3. The Balaban J connectivity index is 1.40. The summed E-state index contributed by atoms with van der Waals surface area (Å²) in [6.45, 7) is -1.74. The van der Waals surface area contributed by atoms with E-state index in [0.717, 1.165) is 52.6 Å². The number of nitrogens with one attached hydrogen (secondary N) is 1. The van der Waals surface area contributed by atoms with Gasteiger partial charge in [-0.1, -0.05) is 36.4 Å². The molecule has 254 valence electrons. The van der Waals surface area contributed by atoms with E-state index in [2.05, 4.69) is 16.3 Å². The van der Waals surface area contributed by atoms with Crippen molar-refractivity contribution in [3.63, 3.8) is 0 Å². The monoisotopic (exact) mass is 664 g/mol. The predicted molar refractivity (Wildman–Crippen MR) is 164 cm³/mol. The van der Waals surface area contributed by atoms with E-state index >= 15 is 0 Å². The molecule has 5 rings (SSSR count).